The molecule has 3 aromatic carbocycles. The Morgan fingerprint density at radius 3 is 2.29 bits per heavy atom. The van der Waals surface area contributed by atoms with Gasteiger partial charge in [-0.2, -0.15) is 0 Å². The topological polar surface area (TPSA) is 55.7 Å². The minimum Gasteiger partial charge on any atom is -0.456 e. The van der Waals surface area contributed by atoms with Gasteiger partial charge < -0.3 is 4.74 Å². The van der Waals surface area contributed by atoms with Crippen LogP contribution in [0.25, 0.3) is 11.1 Å². The van der Waals surface area contributed by atoms with Crippen molar-refractivity contribution in [2.75, 3.05) is 6.26 Å². The highest BCUT2D eigenvalue weighted by atomic mass is 32.2. The van der Waals surface area contributed by atoms with Crippen molar-refractivity contribution >= 4 is 21.2 Å². The molecule has 0 unspecified atom stereocenters. The number of nitrogens with zero attached hydrogens (tertiary/aromatic N) is 1. The maximum atomic E-state index is 11.8. The van der Waals surface area contributed by atoms with Gasteiger partial charge in [-0.25, -0.2) is 8.42 Å². The molecule has 1 aliphatic heterocycles. The van der Waals surface area contributed by atoms with Crippen LogP contribution in [0.5, 0.6) is 11.5 Å². The van der Waals surface area contributed by atoms with E-state index >= 15 is 0 Å². The number of aliphatic imine (C=N–C) groups is 1. The Labute approximate surface area is 165 Å². The van der Waals surface area contributed by atoms with Gasteiger partial charge >= 0.3 is 0 Å². The molecular weight excluding hydrogens is 370 g/mol. The lowest BCUT2D eigenvalue weighted by atomic mass is 9.95. The van der Waals surface area contributed by atoms with Crippen LogP contribution in [0.15, 0.2) is 76.6 Å². The largest absolute Gasteiger partial charge is 0.456 e. The fourth-order valence-electron chi connectivity index (χ4n) is 3.36. The fraction of sp³-hybridized carbons (Fsp3) is 0.174. The zero-order valence-corrected chi connectivity index (χ0v) is 16.7. The number of benzene rings is 3. The van der Waals surface area contributed by atoms with Gasteiger partial charge in [0.1, 0.15) is 11.5 Å². The summed E-state index contributed by atoms with van der Waals surface area (Å²) in [6.45, 7) is 2.04. The molecule has 0 radical (unpaired) electrons. The van der Waals surface area contributed by atoms with Crippen molar-refractivity contribution in [2.45, 2.75) is 24.7 Å². The first-order valence-electron chi connectivity index (χ1n) is 9.15. The molecule has 0 N–H and O–H groups in total. The Bertz CT molecular complexity index is 1150. The molecule has 0 saturated heterocycles. The summed E-state index contributed by atoms with van der Waals surface area (Å²) < 4.78 is 29.9. The SMILES string of the molecule is CC1=Nc2ccc(-c3ccc(S(C)(=O)=O)cc3)c(Oc3ccccc3)c2CC1. The first-order chi connectivity index (χ1) is 13.4. The minimum absolute atomic E-state index is 0.306. The molecule has 0 aromatic heterocycles. The van der Waals surface area contributed by atoms with E-state index in [0.29, 0.717) is 4.90 Å². The number of ether oxygens (including phenoxy) is 1. The van der Waals surface area contributed by atoms with Gasteiger partial charge in [-0.05, 0) is 61.7 Å². The van der Waals surface area contributed by atoms with Crippen LogP contribution in [0.3, 0.4) is 0 Å². The second kappa shape index (κ2) is 7.24. The van der Waals surface area contributed by atoms with E-state index in [1.54, 1.807) is 12.1 Å². The maximum absolute atomic E-state index is 11.8. The van der Waals surface area contributed by atoms with E-state index in [9.17, 15) is 8.42 Å². The van der Waals surface area contributed by atoms with Gasteiger partial charge in [0.2, 0.25) is 0 Å². The maximum Gasteiger partial charge on any atom is 0.175 e. The zero-order valence-electron chi connectivity index (χ0n) is 15.8. The number of sulfone groups is 1. The number of hydrogen-bond donors (Lipinski definition) is 0. The molecule has 28 heavy (non-hydrogen) atoms. The average Bonchev–Trinajstić information content (AvgIpc) is 2.68. The molecule has 4 nitrogen and oxygen atoms in total. The summed E-state index contributed by atoms with van der Waals surface area (Å²) in [4.78, 5) is 4.99. The van der Waals surface area contributed by atoms with Crippen LogP contribution in [0.2, 0.25) is 0 Å². The molecule has 0 aliphatic carbocycles. The third-order valence-corrected chi connectivity index (χ3v) is 5.97. The van der Waals surface area contributed by atoms with Gasteiger partial charge in [-0.15, -0.1) is 0 Å². The highest BCUT2D eigenvalue weighted by molar-refractivity contribution is 7.90. The van der Waals surface area contributed by atoms with Crippen LogP contribution in [-0.2, 0) is 16.3 Å². The van der Waals surface area contributed by atoms with E-state index in [-0.39, 0.29) is 0 Å². The summed E-state index contributed by atoms with van der Waals surface area (Å²) in [5.74, 6) is 1.54. The lowest BCUT2D eigenvalue weighted by Crippen LogP contribution is -2.04. The monoisotopic (exact) mass is 391 g/mol. The quantitative estimate of drug-likeness (QED) is 0.583. The summed E-state index contributed by atoms with van der Waals surface area (Å²) >= 11 is 0. The summed E-state index contributed by atoms with van der Waals surface area (Å²) in [7, 11) is -3.23. The molecule has 0 fully saturated rings. The summed E-state index contributed by atoms with van der Waals surface area (Å²) in [6, 6.07) is 20.6. The lowest BCUT2D eigenvalue weighted by molar-refractivity contribution is 0.478. The van der Waals surface area contributed by atoms with Crippen LogP contribution in [-0.4, -0.2) is 20.4 Å². The molecule has 0 saturated carbocycles. The molecule has 0 bridgehead atoms. The number of hydrogen-bond acceptors (Lipinski definition) is 4. The van der Waals surface area contributed by atoms with E-state index in [2.05, 4.69) is 4.99 Å². The van der Waals surface area contributed by atoms with E-state index in [4.69, 9.17) is 4.74 Å². The van der Waals surface area contributed by atoms with Crippen LogP contribution in [0, 0.1) is 0 Å². The van der Waals surface area contributed by atoms with Crippen molar-refractivity contribution in [1.29, 1.82) is 0 Å². The average molecular weight is 391 g/mol. The third kappa shape index (κ3) is 3.71. The van der Waals surface area contributed by atoms with Crippen molar-refractivity contribution in [2.24, 2.45) is 4.99 Å². The predicted octanol–water partition coefficient (Wildman–Crippen LogP) is 5.59. The van der Waals surface area contributed by atoms with E-state index in [0.717, 1.165) is 52.4 Å². The molecule has 142 valence electrons. The van der Waals surface area contributed by atoms with Crippen LogP contribution < -0.4 is 4.74 Å². The van der Waals surface area contributed by atoms with Crippen molar-refractivity contribution in [3.8, 4) is 22.6 Å². The standard InChI is InChI=1S/C23H21NO3S/c1-16-8-13-21-22(24-16)15-14-20(23(21)27-18-6-4-3-5-7-18)17-9-11-19(12-10-17)28(2,25)26/h3-7,9-12,14-15H,8,13H2,1-2H3. The first-order valence-corrected chi connectivity index (χ1v) is 11.0. The molecule has 1 heterocycles. The van der Waals surface area contributed by atoms with Gasteiger partial charge in [-0.1, -0.05) is 30.3 Å². The lowest BCUT2D eigenvalue weighted by Gasteiger charge is -2.21. The molecule has 3 aromatic rings. The Kier molecular flexibility index (Phi) is 4.77. The Hall–Kier alpha value is -2.92. The van der Waals surface area contributed by atoms with Crippen LogP contribution in [0.1, 0.15) is 18.9 Å². The molecule has 1 aliphatic rings. The van der Waals surface area contributed by atoms with Gasteiger partial charge in [0.15, 0.2) is 9.84 Å². The van der Waals surface area contributed by atoms with Crippen molar-refractivity contribution in [3.63, 3.8) is 0 Å². The highest BCUT2D eigenvalue weighted by Gasteiger charge is 2.20. The van der Waals surface area contributed by atoms with Crippen molar-refractivity contribution in [1.82, 2.24) is 0 Å². The number of rotatable bonds is 4. The highest BCUT2D eigenvalue weighted by Crippen LogP contribution is 2.43. The van der Waals surface area contributed by atoms with Crippen LogP contribution >= 0.6 is 0 Å². The van der Waals surface area contributed by atoms with Gasteiger partial charge in [0.05, 0.1) is 10.6 Å². The Morgan fingerprint density at radius 1 is 0.893 bits per heavy atom. The molecular formula is C23H21NO3S. The fourth-order valence-corrected chi connectivity index (χ4v) is 3.99. The zero-order chi connectivity index (χ0) is 19.7. The second-order valence-electron chi connectivity index (χ2n) is 7.00. The first kappa shape index (κ1) is 18.4. The Balaban J connectivity index is 1.85. The van der Waals surface area contributed by atoms with Gasteiger partial charge in [-0.3, -0.25) is 4.99 Å². The second-order valence-corrected chi connectivity index (χ2v) is 9.01. The van der Waals surface area contributed by atoms with Gasteiger partial charge in [0.25, 0.3) is 0 Å². The van der Waals surface area contributed by atoms with Crippen molar-refractivity contribution in [3.05, 3.63) is 72.3 Å². The van der Waals surface area contributed by atoms with Crippen molar-refractivity contribution < 1.29 is 13.2 Å². The van der Waals surface area contributed by atoms with Gasteiger partial charge in [0, 0.05) is 23.1 Å². The smallest absolute Gasteiger partial charge is 0.175 e. The predicted molar refractivity (Wildman–Crippen MR) is 113 cm³/mol. The van der Waals surface area contributed by atoms with E-state index < -0.39 is 9.84 Å². The molecule has 0 atom stereocenters. The molecule has 5 heteroatoms. The molecule has 0 spiro atoms. The Morgan fingerprint density at radius 2 is 1.61 bits per heavy atom. The summed E-state index contributed by atoms with van der Waals surface area (Å²) in [5.41, 5.74) is 4.97. The molecule has 0 amide bonds. The van der Waals surface area contributed by atoms with E-state index in [1.165, 1.54) is 6.26 Å². The summed E-state index contributed by atoms with van der Waals surface area (Å²) in [5, 5.41) is 0. The summed E-state index contributed by atoms with van der Waals surface area (Å²) in [6.07, 6.45) is 2.97. The number of fused-ring (bicyclic) bond motifs is 1. The normalized spacial score (nSPS) is 13.6. The minimum atomic E-state index is -3.23. The van der Waals surface area contributed by atoms with E-state index in [1.807, 2.05) is 61.5 Å². The molecule has 4 rings (SSSR count). The van der Waals surface area contributed by atoms with Crippen LogP contribution in [0.4, 0.5) is 5.69 Å². The third-order valence-electron chi connectivity index (χ3n) is 4.84. The number of para-hydroxylation sites is 1.